The lowest BCUT2D eigenvalue weighted by atomic mass is 9.78. The minimum atomic E-state index is -0.325. The Balaban J connectivity index is 1.35. The molecule has 4 nitrogen and oxygen atoms in total. The van der Waals surface area contributed by atoms with Crippen LogP contribution in [-0.4, -0.2) is 19.6 Å². The Morgan fingerprint density at radius 2 is 1.10 bits per heavy atom. The van der Waals surface area contributed by atoms with Crippen LogP contribution < -0.4 is 0 Å². The summed E-state index contributed by atoms with van der Waals surface area (Å²) >= 11 is 0. The van der Waals surface area contributed by atoms with Crippen molar-refractivity contribution in [3.63, 3.8) is 0 Å². The van der Waals surface area contributed by atoms with Gasteiger partial charge in [0.2, 0.25) is 0 Å². The van der Waals surface area contributed by atoms with E-state index in [1.165, 1.54) is 33.4 Å². The Bertz CT molecular complexity index is 3170. The van der Waals surface area contributed by atoms with Crippen LogP contribution in [0.3, 0.4) is 0 Å². The van der Waals surface area contributed by atoms with Gasteiger partial charge in [-0.15, -0.1) is 0 Å². The van der Waals surface area contributed by atoms with Gasteiger partial charge in [-0.3, -0.25) is 9.55 Å². The Labute approximate surface area is 398 Å². The third-order valence-corrected chi connectivity index (χ3v) is 13.2. The normalized spacial score (nSPS) is 12.1. The quantitative estimate of drug-likeness (QED) is 0.149. The summed E-state index contributed by atoms with van der Waals surface area (Å²) in [7, 11) is 0. The molecule has 0 aliphatic heterocycles. The number of fused-ring (bicyclic) bond motifs is 1. The van der Waals surface area contributed by atoms with Gasteiger partial charge in [-0.2, -0.15) is 0 Å². The van der Waals surface area contributed by atoms with E-state index in [9.17, 15) is 5.11 Å². The Morgan fingerprint density at radius 1 is 0.507 bits per heavy atom. The van der Waals surface area contributed by atoms with E-state index in [0.29, 0.717) is 0 Å². The molecule has 0 amide bonds. The Morgan fingerprint density at radius 3 is 1.67 bits per heavy atom. The maximum atomic E-state index is 12.7. The minimum Gasteiger partial charge on any atom is -0.507 e. The predicted octanol–water partition coefficient (Wildman–Crippen LogP) is 16.9. The number of phenolic OH excluding ortho intramolecular Hbond substituents is 1. The summed E-state index contributed by atoms with van der Waals surface area (Å²) in [6, 6.07) is 58.7. The van der Waals surface area contributed by atoms with Gasteiger partial charge in [-0.05, 0) is 122 Å². The molecule has 9 aromatic rings. The molecule has 0 spiro atoms. The number of aromatic nitrogens is 3. The lowest BCUT2D eigenvalue weighted by Crippen LogP contribution is -2.17. The second-order valence-corrected chi connectivity index (χ2v) is 20.9. The number of aromatic hydroxyl groups is 1. The minimum absolute atomic E-state index is 0.183. The summed E-state index contributed by atoms with van der Waals surface area (Å²) in [6.45, 7) is 22.4. The summed E-state index contributed by atoms with van der Waals surface area (Å²) in [6.07, 6.45) is 2.75. The van der Waals surface area contributed by atoms with E-state index in [1.54, 1.807) is 0 Å². The number of benzene rings is 7. The van der Waals surface area contributed by atoms with Gasteiger partial charge >= 0.3 is 0 Å². The molecule has 0 aliphatic carbocycles. The number of pyridine rings is 1. The molecule has 1 N–H and O–H groups in total. The van der Waals surface area contributed by atoms with Crippen molar-refractivity contribution >= 4 is 11.0 Å². The Kier molecular flexibility index (Phi) is 12.1. The van der Waals surface area contributed by atoms with Crippen LogP contribution in [0.2, 0.25) is 0 Å². The first-order valence-electron chi connectivity index (χ1n) is 23.9. The summed E-state index contributed by atoms with van der Waals surface area (Å²) < 4.78 is 2.38. The molecule has 0 atom stereocenters. The molecule has 2 aromatic heterocycles. The van der Waals surface area contributed by atoms with Gasteiger partial charge in [-0.1, -0.05) is 191 Å². The van der Waals surface area contributed by atoms with E-state index in [4.69, 9.17) is 9.97 Å². The zero-order valence-corrected chi connectivity index (χ0v) is 40.8. The standard InChI is InChI=1S/C63H63N3O/c1-40(2)52-35-47(45-25-18-13-19-26-45)36-53(41(3)4)59(52)66-57-28-20-27-51(58(57)65-61(66)54-37-50(62(5,6)7)38-55(60(54)67)63(8,9)10)48-32-43(31-42-21-14-11-15-22-42)33-49(34-48)56-30-29-46(39-64-56)44-23-16-12-17-24-44/h11-30,32-41,67H,31H2,1-10H3. The van der Waals surface area contributed by atoms with E-state index in [0.717, 1.165) is 79.2 Å². The number of hydrogen-bond donors (Lipinski definition) is 1. The van der Waals surface area contributed by atoms with Crippen molar-refractivity contribution in [3.05, 3.63) is 203 Å². The van der Waals surface area contributed by atoms with Crippen LogP contribution in [0.5, 0.6) is 5.75 Å². The molecule has 0 unspecified atom stereocenters. The highest BCUT2D eigenvalue weighted by Crippen LogP contribution is 2.47. The number of para-hydroxylation sites is 1. The van der Waals surface area contributed by atoms with Gasteiger partial charge in [0.15, 0.2) is 0 Å². The smallest absolute Gasteiger partial charge is 0.149 e. The fraction of sp³-hybridized carbons (Fsp3) is 0.238. The van der Waals surface area contributed by atoms with Gasteiger partial charge in [0, 0.05) is 28.5 Å². The van der Waals surface area contributed by atoms with Crippen LogP contribution in [0, 0.1) is 0 Å². The topological polar surface area (TPSA) is 50.9 Å². The molecule has 0 bridgehead atoms. The average Bonchev–Trinajstić information content (AvgIpc) is 3.70. The largest absolute Gasteiger partial charge is 0.507 e. The molecular formula is C63H63N3O. The highest BCUT2D eigenvalue weighted by atomic mass is 16.3. The number of hydrogen-bond acceptors (Lipinski definition) is 3. The summed E-state index contributed by atoms with van der Waals surface area (Å²) in [5.41, 5.74) is 18.8. The monoisotopic (exact) mass is 877 g/mol. The lowest BCUT2D eigenvalue weighted by molar-refractivity contribution is 0.446. The number of nitrogens with zero attached hydrogens (tertiary/aromatic N) is 3. The molecule has 0 aliphatic rings. The second kappa shape index (κ2) is 18.0. The summed E-state index contributed by atoms with van der Waals surface area (Å²) in [4.78, 5) is 10.8. The first-order valence-corrected chi connectivity index (χ1v) is 23.9. The van der Waals surface area contributed by atoms with Crippen LogP contribution in [0.1, 0.15) is 114 Å². The van der Waals surface area contributed by atoms with Crippen LogP contribution in [0.4, 0.5) is 0 Å². The van der Waals surface area contributed by atoms with Crippen molar-refractivity contribution in [2.75, 3.05) is 0 Å². The average molecular weight is 878 g/mol. The van der Waals surface area contributed by atoms with Gasteiger partial charge in [-0.25, -0.2) is 4.98 Å². The SMILES string of the molecule is CC(C)c1cc(-c2ccccc2)cc(C(C)C)c1-n1c(-c2cc(C(C)(C)C)cc(C(C)(C)C)c2O)nc2c(-c3cc(Cc4ccccc4)cc(-c4ccc(-c5ccccc5)cn4)c3)cccc21. The number of phenols is 1. The first kappa shape index (κ1) is 45.1. The molecule has 9 rings (SSSR count). The molecule has 0 saturated carbocycles. The van der Waals surface area contributed by atoms with Gasteiger partial charge in [0.25, 0.3) is 0 Å². The summed E-state index contributed by atoms with van der Waals surface area (Å²) in [5.74, 6) is 1.37. The van der Waals surface area contributed by atoms with Crippen molar-refractivity contribution in [2.45, 2.75) is 98.3 Å². The van der Waals surface area contributed by atoms with Crippen molar-refractivity contribution in [1.82, 2.24) is 14.5 Å². The van der Waals surface area contributed by atoms with Gasteiger partial charge < -0.3 is 5.11 Å². The van der Waals surface area contributed by atoms with Crippen LogP contribution in [0.25, 0.3) is 72.7 Å². The van der Waals surface area contributed by atoms with Crippen LogP contribution >= 0.6 is 0 Å². The fourth-order valence-electron chi connectivity index (χ4n) is 9.46. The first-order chi connectivity index (χ1) is 32.0. The predicted molar refractivity (Wildman–Crippen MR) is 283 cm³/mol. The van der Waals surface area contributed by atoms with Crippen molar-refractivity contribution < 1.29 is 5.11 Å². The van der Waals surface area contributed by atoms with E-state index in [-0.39, 0.29) is 28.4 Å². The van der Waals surface area contributed by atoms with E-state index >= 15 is 0 Å². The third-order valence-electron chi connectivity index (χ3n) is 13.2. The van der Waals surface area contributed by atoms with E-state index in [2.05, 4.69) is 232 Å². The lowest BCUT2D eigenvalue weighted by Gasteiger charge is -2.28. The maximum absolute atomic E-state index is 12.7. The summed E-state index contributed by atoms with van der Waals surface area (Å²) in [5, 5.41) is 12.7. The highest BCUT2D eigenvalue weighted by molar-refractivity contribution is 5.97. The molecule has 0 radical (unpaired) electrons. The molecular weight excluding hydrogens is 815 g/mol. The third kappa shape index (κ3) is 9.10. The van der Waals surface area contributed by atoms with Crippen LogP contribution in [0.15, 0.2) is 170 Å². The molecule has 2 heterocycles. The zero-order valence-electron chi connectivity index (χ0n) is 40.8. The van der Waals surface area contributed by atoms with Crippen molar-refractivity contribution in [3.8, 4) is 67.5 Å². The van der Waals surface area contributed by atoms with E-state index in [1.807, 2.05) is 12.3 Å². The Hall–Kier alpha value is -7.04. The number of rotatable bonds is 10. The second-order valence-electron chi connectivity index (χ2n) is 20.9. The molecule has 7 aromatic carbocycles. The maximum Gasteiger partial charge on any atom is 0.149 e. The number of imidazole rings is 1. The molecule has 0 fully saturated rings. The molecule has 67 heavy (non-hydrogen) atoms. The molecule has 0 saturated heterocycles. The van der Waals surface area contributed by atoms with Gasteiger partial charge in [0.1, 0.15) is 11.6 Å². The van der Waals surface area contributed by atoms with Gasteiger partial charge in [0.05, 0.1) is 28.0 Å². The molecule has 4 heteroatoms. The van der Waals surface area contributed by atoms with Crippen molar-refractivity contribution in [1.29, 1.82) is 0 Å². The highest BCUT2D eigenvalue weighted by Gasteiger charge is 2.30. The zero-order chi connectivity index (χ0) is 47.2. The molecule has 336 valence electrons. The van der Waals surface area contributed by atoms with E-state index < -0.39 is 0 Å². The van der Waals surface area contributed by atoms with Crippen molar-refractivity contribution in [2.24, 2.45) is 0 Å². The fourth-order valence-corrected chi connectivity index (χ4v) is 9.46. The van der Waals surface area contributed by atoms with Crippen LogP contribution in [-0.2, 0) is 17.3 Å².